The Morgan fingerprint density at radius 3 is 2.43 bits per heavy atom. The van der Waals surface area contributed by atoms with E-state index in [1.165, 1.54) is 17.0 Å². The van der Waals surface area contributed by atoms with Gasteiger partial charge in [0.2, 0.25) is 5.91 Å². The molecule has 0 saturated carbocycles. The second kappa shape index (κ2) is 12.7. The lowest BCUT2D eigenvalue weighted by molar-refractivity contribution is -0.116. The van der Waals surface area contributed by atoms with Crippen LogP contribution < -0.4 is 11.1 Å². The van der Waals surface area contributed by atoms with Gasteiger partial charge in [0.05, 0.1) is 6.54 Å². The summed E-state index contributed by atoms with van der Waals surface area (Å²) in [4.78, 5) is 30.9. The number of benzene rings is 3. The van der Waals surface area contributed by atoms with E-state index < -0.39 is 11.7 Å². The van der Waals surface area contributed by atoms with Gasteiger partial charge in [0, 0.05) is 65.3 Å². The Balaban J connectivity index is 1.27. The number of hydrogen-bond donors (Lipinski definition) is 2. The van der Waals surface area contributed by atoms with Crippen LogP contribution in [0.2, 0.25) is 5.02 Å². The number of rotatable bonds is 7. The highest BCUT2D eigenvalue weighted by Crippen LogP contribution is 2.38. The van der Waals surface area contributed by atoms with Crippen LogP contribution in [0.1, 0.15) is 34.5 Å². The Labute approximate surface area is 267 Å². The van der Waals surface area contributed by atoms with Crippen LogP contribution >= 0.6 is 11.6 Å². The molecule has 2 amide bonds. The number of likely N-dealkylation sites (tertiary alicyclic amines) is 1. The van der Waals surface area contributed by atoms with E-state index in [4.69, 9.17) is 21.8 Å². The molecule has 3 heterocycles. The molecule has 6 rings (SSSR count). The lowest BCUT2D eigenvalue weighted by Gasteiger charge is -2.31. The van der Waals surface area contributed by atoms with Crippen molar-refractivity contribution < 1.29 is 27.2 Å². The highest BCUT2D eigenvalue weighted by atomic mass is 35.5. The monoisotopic (exact) mass is 644 g/mol. The van der Waals surface area contributed by atoms with Crippen molar-refractivity contribution in [1.82, 2.24) is 15.2 Å². The Hall–Kier alpha value is -5.09. The molecular weight excluding hydrogens is 617 g/mol. The molecule has 46 heavy (non-hydrogen) atoms. The number of carbonyl (C=O) groups is 2. The molecule has 1 aliphatic heterocycles. The largest absolute Gasteiger partial charge is 0.459 e. The summed E-state index contributed by atoms with van der Waals surface area (Å²) in [6.07, 6.45) is 3.83. The number of hydrogen-bond acceptors (Lipinski definition) is 5. The summed E-state index contributed by atoms with van der Waals surface area (Å²) < 4.78 is 48.5. The van der Waals surface area contributed by atoms with Crippen LogP contribution in [0.4, 0.5) is 19.0 Å². The quantitative estimate of drug-likeness (QED) is 0.177. The van der Waals surface area contributed by atoms with E-state index in [-0.39, 0.29) is 54.9 Å². The number of halogens is 4. The fraction of sp³-hybridized carbons (Fsp3) is 0.171. The molecule has 3 N–H and O–H groups in total. The van der Waals surface area contributed by atoms with Crippen molar-refractivity contribution in [1.29, 1.82) is 0 Å². The van der Waals surface area contributed by atoms with Gasteiger partial charge in [0.1, 0.15) is 23.0 Å². The number of amides is 2. The summed E-state index contributed by atoms with van der Waals surface area (Å²) in [5.74, 6) is -3.10. The number of alkyl halides is 2. The second-order valence-electron chi connectivity index (χ2n) is 11.1. The Morgan fingerprint density at radius 1 is 0.978 bits per heavy atom. The van der Waals surface area contributed by atoms with Crippen molar-refractivity contribution >= 4 is 46.3 Å². The van der Waals surface area contributed by atoms with Crippen LogP contribution in [0.5, 0.6) is 0 Å². The smallest absolute Gasteiger partial charge is 0.253 e. The third-order valence-corrected chi connectivity index (χ3v) is 8.04. The van der Waals surface area contributed by atoms with Crippen LogP contribution in [0, 0.1) is 5.82 Å². The molecule has 3 aromatic carbocycles. The zero-order valence-electron chi connectivity index (χ0n) is 24.4. The number of fused-ring (bicyclic) bond motifs is 1. The number of nitrogens with two attached hydrogens (primary N) is 1. The highest BCUT2D eigenvalue weighted by molar-refractivity contribution is 6.30. The summed E-state index contributed by atoms with van der Waals surface area (Å²) in [5.41, 5.74) is 9.35. The second-order valence-corrected chi connectivity index (χ2v) is 11.5. The topological polar surface area (TPSA) is 101 Å². The van der Waals surface area contributed by atoms with Crippen LogP contribution in [-0.4, -0.2) is 40.7 Å². The molecule has 0 unspecified atom stereocenters. The molecule has 11 heteroatoms. The van der Waals surface area contributed by atoms with Gasteiger partial charge in [0.15, 0.2) is 0 Å². The minimum atomic E-state index is -2.74. The summed E-state index contributed by atoms with van der Waals surface area (Å²) in [7, 11) is 0. The minimum absolute atomic E-state index is 0.000105. The van der Waals surface area contributed by atoms with Gasteiger partial charge in [-0.3, -0.25) is 9.59 Å². The van der Waals surface area contributed by atoms with Gasteiger partial charge in [-0.25, -0.2) is 18.2 Å². The first-order valence-electron chi connectivity index (χ1n) is 14.5. The van der Waals surface area contributed by atoms with Crippen molar-refractivity contribution in [2.75, 3.05) is 18.8 Å². The zero-order valence-corrected chi connectivity index (χ0v) is 25.2. The highest BCUT2D eigenvalue weighted by Gasteiger charge is 2.35. The third-order valence-electron chi connectivity index (χ3n) is 7.81. The van der Waals surface area contributed by atoms with E-state index in [0.717, 1.165) is 11.1 Å². The SMILES string of the molecule is Nc1ccc(/C=C/C(=O)NCc2cc3cc(-c4ccc(C(=O)N5CCC(F)(F)CC5)cc4)cc(-c4ccc(Cl)cc4F)c3o2)cn1. The number of anilines is 1. The molecule has 234 valence electrons. The lowest BCUT2D eigenvalue weighted by Crippen LogP contribution is -2.42. The predicted octanol–water partition coefficient (Wildman–Crippen LogP) is 7.74. The van der Waals surface area contributed by atoms with Gasteiger partial charge in [-0.05, 0) is 83.4 Å². The lowest BCUT2D eigenvalue weighted by atomic mass is 9.95. The van der Waals surface area contributed by atoms with Crippen molar-refractivity contribution in [3.05, 3.63) is 113 Å². The molecule has 0 spiro atoms. The number of nitrogen functional groups attached to an aromatic ring is 1. The summed E-state index contributed by atoms with van der Waals surface area (Å²) in [5, 5.41) is 3.70. The number of carbonyl (C=O) groups excluding carboxylic acids is 2. The van der Waals surface area contributed by atoms with Gasteiger partial charge in [-0.15, -0.1) is 0 Å². The molecular formula is C35H28ClF3N4O3. The van der Waals surface area contributed by atoms with Crippen molar-refractivity contribution in [2.24, 2.45) is 0 Å². The molecule has 1 saturated heterocycles. The first-order valence-corrected chi connectivity index (χ1v) is 14.9. The molecule has 2 aromatic heterocycles. The minimum Gasteiger partial charge on any atom is -0.459 e. The number of pyridine rings is 1. The third kappa shape index (κ3) is 6.92. The Morgan fingerprint density at radius 2 is 1.74 bits per heavy atom. The van der Waals surface area contributed by atoms with Gasteiger partial charge < -0.3 is 20.4 Å². The van der Waals surface area contributed by atoms with Crippen LogP contribution in [0.3, 0.4) is 0 Å². The first kappa shape index (κ1) is 30.9. The van der Waals surface area contributed by atoms with E-state index >= 15 is 4.39 Å². The average Bonchev–Trinajstić information content (AvgIpc) is 3.46. The Kier molecular flexibility index (Phi) is 8.55. The van der Waals surface area contributed by atoms with Crippen LogP contribution in [-0.2, 0) is 11.3 Å². The molecule has 5 aromatic rings. The number of nitrogens with zero attached hydrogens (tertiary/aromatic N) is 2. The molecule has 0 aliphatic carbocycles. The van der Waals surface area contributed by atoms with Crippen molar-refractivity contribution in [2.45, 2.75) is 25.3 Å². The van der Waals surface area contributed by atoms with Gasteiger partial charge in [-0.1, -0.05) is 23.7 Å². The van der Waals surface area contributed by atoms with Crippen molar-refractivity contribution in [3.63, 3.8) is 0 Å². The Bertz CT molecular complexity index is 1950. The number of furan rings is 1. The van der Waals surface area contributed by atoms with E-state index in [1.54, 1.807) is 72.9 Å². The zero-order chi connectivity index (χ0) is 32.4. The van der Waals surface area contributed by atoms with E-state index in [1.807, 2.05) is 6.07 Å². The van der Waals surface area contributed by atoms with Gasteiger partial charge in [-0.2, -0.15) is 0 Å². The van der Waals surface area contributed by atoms with Gasteiger partial charge >= 0.3 is 0 Å². The molecule has 0 atom stereocenters. The predicted molar refractivity (Wildman–Crippen MR) is 172 cm³/mol. The molecule has 0 bridgehead atoms. The van der Waals surface area contributed by atoms with E-state index in [2.05, 4.69) is 10.3 Å². The van der Waals surface area contributed by atoms with Crippen LogP contribution in [0.25, 0.3) is 39.3 Å². The number of nitrogens with one attached hydrogen (secondary N) is 1. The molecule has 0 radical (unpaired) electrons. The number of piperidine rings is 1. The normalized spacial score (nSPS) is 14.6. The molecule has 7 nitrogen and oxygen atoms in total. The summed E-state index contributed by atoms with van der Waals surface area (Å²) in [6.45, 7) is 0.0781. The average molecular weight is 645 g/mol. The van der Waals surface area contributed by atoms with Crippen molar-refractivity contribution in [3.8, 4) is 22.3 Å². The maximum atomic E-state index is 15.2. The van der Waals surface area contributed by atoms with Crippen LogP contribution in [0.15, 0.2) is 89.5 Å². The molecule has 1 fully saturated rings. The maximum Gasteiger partial charge on any atom is 0.253 e. The maximum absolute atomic E-state index is 15.2. The number of aromatic nitrogens is 1. The standard InChI is InChI=1S/C35H28ClF3N4O3/c36-26-7-8-28(30(37)18-26)29-17-24(22-3-5-23(6-4-22)34(45)43-13-11-35(38,39)12-14-43)15-25-16-27(46-33(25)29)20-42-32(44)10-2-21-1-9-31(40)41-19-21/h1-10,15-19H,11-14,20H2,(H2,40,41)(H,42,44)/b10-2+. The summed E-state index contributed by atoms with van der Waals surface area (Å²) in [6, 6.07) is 20.0. The van der Waals surface area contributed by atoms with E-state index in [9.17, 15) is 18.4 Å². The fourth-order valence-corrected chi connectivity index (χ4v) is 5.47. The summed E-state index contributed by atoms with van der Waals surface area (Å²) >= 11 is 6.02. The van der Waals surface area contributed by atoms with Gasteiger partial charge in [0.25, 0.3) is 11.8 Å². The fourth-order valence-electron chi connectivity index (χ4n) is 5.31. The molecule has 1 aliphatic rings. The van der Waals surface area contributed by atoms with E-state index in [0.29, 0.717) is 39.2 Å². The first-order chi connectivity index (χ1) is 22.0.